The van der Waals surface area contributed by atoms with Crippen molar-refractivity contribution in [3.8, 4) is 0 Å². The van der Waals surface area contributed by atoms with Crippen LogP contribution >= 0.6 is 0 Å². The summed E-state index contributed by atoms with van der Waals surface area (Å²) in [4.78, 5) is 40.6. The maximum atomic E-state index is 13.1. The van der Waals surface area contributed by atoms with Gasteiger partial charge in [0.1, 0.15) is 6.04 Å². The first-order valence-electron chi connectivity index (χ1n) is 9.24. The number of nitrogens with one attached hydrogen (secondary N) is 1. The Hall–Kier alpha value is -2.25. The van der Waals surface area contributed by atoms with Crippen LogP contribution in [-0.4, -0.2) is 53.2 Å². The highest BCUT2D eigenvalue weighted by Gasteiger charge is 2.40. The number of carbonyl (C=O) groups is 3. The highest BCUT2D eigenvalue weighted by Crippen LogP contribution is 2.31. The van der Waals surface area contributed by atoms with E-state index in [9.17, 15) is 14.4 Å². The van der Waals surface area contributed by atoms with E-state index >= 15 is 0 Å². The molecule has 3 amide bonds. The number of rotatable bonds is 4. The predicted octanol–water partition coefficient (Wildman–Crippen LogP) is 0.228. The van der Waals surface area contributed by atoms with Gasteiger partial charge in [-0.2, -0.15) is 0 Å². The van der Waals surface area contributed by atoms with Crippen LogP contribution in [0.25, 0.3) is 0 Å². The van der Waals surface area contributed by atoms with Crippen molar-refractivity contribution in [1.29, 1.82) is 0 Å². The normalized spacial score (nSPS) is 26.3. The molecule has 2 unspecified atom stereocenters. The molecule has 7 heteroatoms. The Labute approximate surface area is 152 Å². The summed E-state index contributed by atoms with van der Waals surface area (Å²) in [7, 11) is 0. The summed E-state index contributed by atoms with van der Waals surface area (Å²) in [5.74, 6) is -0.198. The lowest BCUT2D eigenvalue weighted by Gasteiger charge is -2.29. The molecule has 26 heavy (non-hydrogen) atoms. The van der Waals surface area contributed by atoms with Crippen molar-refractivity contribution in [2.45, 2.75) is 38.4 Å². The molecule has 3 heterocycles. The predicted molar refractivity (Wildman–Crippen MR) is 94.9 cm³/mol. The number of nitrogens with two attached hydrogens (primary N) is 1. The summed E-state index contributed by atoms with van der Waals surface area (Å²) < 4.78 is 0. The van der Waals surface area contributed by atoms with Crippen molar-refractivity contribution < 1.29 is 14.4 Å². The molecule has 4 rings (SSSR count). The molecule has 0 aromatic heterocycles. The second-order valence-electron chi connectivity index (χ2n) is 7.48. The molecule has 0 spiro atoms. The van der Waals surface area contributed by atoms with Crippen LogP contribution in [0, 0.1) is 5.92 Å². The van der Waals surface area contributed by atoms with E-state index in [-0.39, 0.29) is 24.1 Å². The Kier molecular flexibility index (Phi) is 4.50. The van der Waals surface area contributed by atoms with Crippen LogP contribution in [0.4, 0.5) is 0 Å². The lowest BCUT2D eigenvalue weighted by atomic mass is 10.0. The first-order chi connectivity index (χ1) is 12.6. The quantitative estimate of drug-likeness (QED) is 0.753. The summed E-state index contributed by atoms with van der Waals surface area (Å²) in [6.45, 7) is 3.82. The molecular weight excluding hydrogens is 332 g/mol. The molecule has 2 atom stereocenters. The monoisotopic (exact) mass is 356 g/mol. The second-order valence-corrected chi connectivity index (χ2v) is 7.48. The first-order valence-corrected chi connectivity index (χ1v) is 9.24. The maximum Gasteiger partial charge on any atom is 0.255 e. The van der Waals surface area contributed by atoms with Crippen LogP contribution in [0.1, 0.15) is 40.7 Å². The van der Waals surface area contributed by atoms with Gasteiger partial charge in [-0.1, -0.05) is 18.2 Å². The lowest BCUT2D eigenvalue weighted by molar-refractivity contribution is -0.136. The fourth-order valence-corrected chi connectivity index (χ4v) is 4.31. The molecule has 138 valence electrons. The molecule has 3 aliphatic heterocycles. The number of hydrogen-bond acceptors (Lipinski definition) is 5. The lowest BCUT2D eigenvalue weighted by Crippen LogP contribution is -2.52. The van der Waals surface area contributed by atoms with E-state index in [1.165, 1.54) is 0 Å². The van der Waals surface area contributed by atoms with E-state index in [1.54, 1.807) is 4.90 Å². The second kappa shape index (κ2) is 6.81. The van der Waals surface area contributed by atoms with Crippen molar-refractivity contribution in [3.05, 3.63) is 34.9 Å². The zero-order valence-corrected chi connectivity index (χ0v) is 14.7. The Morgan fingerprint density at radius 3 is 2.77 bits per heavy atom. The fraction of sp³-hybridized carbons (Fsp3) is 0.526. The Morgan fingerprint density at radius 2 is 2.04 bits per heavy atom. The Balaban J connectivity index is 1.53. The third-order valence-electron chi connectivity index (χ3n) is 5.74. The number of nitrogens with zero attached hydrogens (tertiary/aromatic N) is 2. The molecule has 7 nitrogen and oxygen atoms in total. The number of carbonyl (C=O) groups excluding carboxylic acids is 3. The number of imide groups is 1. The van der Waals surface area contributed by atoms with Gasteiger partial charge in [-0.15, -0.1) is 0 Å². The maximum absolute atomic E-state index is 13.1. The molecule has 0 aliphatic carbocycles. The minimum atomic E-state index is -0.561. The average Bonchev–Trinajstić information content (AvgIpc) is 3.20. The largest absolute Gasteiger partial charge is 0.330 e. The van der Waals surface area contributed by atoms with Gasteiger partial charge in [-0.3, -0.25) is 24.6 Å². The number of benzene rings is 1. The van der Waals surface area contributed by atoms with Crippen molar-refractivity contribution in [2.75, 3.05) is 19.6 Å². The molecule has 2 fully saturated rings. The standard InChI is InChI=1S/C19H24N4O3/c20-8-12-6-7-22(9-12)10-13-2-1-3-14-11-23(19(26)17(13)14)15-4-5-16(24)21-18(15)25/h1-3,12,15H,4-11,20H2,(H,21,24,25). The van der Waals surface area contributed by atoms with Crippen molar-refractivity contribution in [3.63, 3.8) is 0 Å². The molecular formula is C19H24N4O3. The minimum absolute atomic E-state index is 0.0975. The van der Waals surface area contributed by atoms with Crippen LogP contribution < -0.4 is 11.1 Å². The smallest absolute Gasteiger partial charge is 0.255 e. The number of likely N-dealkylation sites (tertiary alicyclic amines) is 1. The van der Waals surface area contributed by atoms with E-state index in [0.29, 0.717) is 25.4 Å². The number of fused-ring (bicyclic) bond motifs is 1. The molecule has 0 saturated carbocycles. The van der Waals surface area contributed by atoms with Gasteiger partial charge >= 0.3 is 0 Å². The summed E-state index contributed by atoms with van der Waals surface area (Å²) in [5, 5.41) is 2.35. The van der Waals surface area contributed by atoms with Gasteiger partial charge in [-0.25, -0.2) is 0 Å². The van der Waals surface area contributed by atoms with Gasteiger partial charge in [0.15, 0.2) is 0 Å². The summed E-state index contributed by atoms with van der Waals surface area (Å²) in [6, 6.07) is 5.37. The Bertz CT molecular complexity index is 763. The summed E-state index contributed by atoms with van der Waals surface area (Å²) in [5.41, 5.74) is 8.48. The van der Waals surface area contributed by atoms with Crippen molar-refractivity contribution in [1.82, 2.24) is 15.1 Å². The number of amides is 3. The minimum Gasteiger partial charge on any atom is -0.330 e. The van der Waals surface area contributed by atoms with Gasteiger partial charge in [-0.05, 0) is 43.0 Å². The van der Waals surface area contributed by atoms with Crippen LogP contribution in [0.3, 0.4) is 0 Å². The Morgan fingerprint density at radius 1 is 1.19 bits per heavy atom. The molecule has 2 saturated heterocycles. The molecule has 0 radical (unpaired) electrons. The van der Waals surface area contributed by atoms with E-state index in [2.05, 4.69) is 10.2 Å². The van der Waals surface area contributed by atoms with Crippen LogP contribution in [-0.2, 0) is 22.7 Å². The van der Waals surface area contributed by atoms with E-state index in [1.807, 2.05) is 18.2 Å². The molecule has 1 aromatic carbocycles. The molecule has 3 aliphatic rings. The highest BCUT2D eigenvalue weighted by molar-refractivity contribution is 6.05. The molecule has 0 bridgehead atoms. The third-order valence-corrected chi connectivity index (χ3v) is 5.74. The average molecular weight is 356 g/mol. The summed E-state index contributed by atoms with van der Waals surface area (Å²) >= 11 is 0. The zero-order valence-electron chi connectivity index (χ0n) is 14.7. The van der Waals surface area contributed by atoms with E-state index in [4.69, 9.17) is 5.73 Å². The van der Waals surface area contributed by atoms with Crippen LogP contribution in [0.15, 0.2) is 18.2 Å². The topological polar surface area (TPSA) is 95.7 Å². The van der Waals surface area contributed by atoms with Gasteiger partial charge in [0.25, 0.3) is 5.91 Å². The van der Waals surface area contributed by atoms with E-state index in [0.717, 1.165) is 42.7 Å². The third kappa shape index (κ3) is 3.01. The summed E-state index contributed by atoms with van der Waals surface area (Å²) in [6.07, 6.45) is 1.77. The number of piperidine rings is 1. The van der Waals surface area contributed by atoms with Gasteiger partial charge in [0, 0.05) is 31.6 Å². The molecule has 1 aromatic rings. The van der Waals surface area contributed by atoms with Gasteiger partial charge in [0.05, 0.1) is 0 Å². The first kappa shape index (κ1) is 17.2. The molecule has 3 N–H and O–H groups in total. The number of hydrogen-bond donors (Lipinski definition) is 2. The van der Waals surface area contributed by atoms with Crippen molar-refractivity contribution >= 4 is 17.7 Å². The zero-order chi connectivity index (χ0) is 18.3. The highest BCUT2D eigenvalue weighted by atomic mass is 16.2. The van der Waals surface area contributed by atoms with Crippen molar-refractivity contribution in [2.24, 2.45) is 11.7 Å². The van der Waals surface area contributed by atoms with Gasteiger partial charge in [0.2, 0.25) is 11.8 Å². The van der Waals surface area contributed by atoms with Gasteiger partial charge < -0.3 is 10.6 Å². The SMILES string of the molecule is NCC1CCN(Cc2cccc3c2C(=O)N(C2CCC(=O)NC2=O)C3)C1. The van der Waals surface area contributed by atoms with E-state index < -0.39 is 6.04 Å². The van der Waals surface area contributed by atoms with Crippen LogP contribution in [0.2, 0.25) is 0 Å². The fourth-order valence-electron chi connectivity index (χ4n) is 4.31. The van der Waals surface area contributed by atoms with Crippen LogP contribution in [0.5, 0.6) is 0 Å².